The first-order valence-electron chi connectivity index (χ1n) is 10.6. The highest BCUT2D eigenvalue weighted by Crippen LogP contribution is 2.28. The fourth-order valence-corrected chi connectivity index (χ4v) is 3.76. The van der Waals surface area contributed by atoms with E-state index in [-0.39, 0.29) is 19.0 Å². The van der Waals surface area contributed by atoms with Crippen LogP contribution in [-0.2, 0) is 16.6 Å². The second kappa shape index (κ2) is 9.35. The molecule has 33 heavy (non-hydrogen) atoms. The Balaban J connectivity index is 1.35. The van der Waals surface area contributed by atoms with Crippen molar-refractivity contribution in [2.24, 2.45) is 12.1 Å². The third kappa shape index (κ3) is 4.99. The van der Waals surface area contributed by atoms with Crippen molar-refractivity contribution in [3.63, 3.8) is 0 Å². The van der Waals surface area contributed by atoms with Gasteiger partial charge in [0.15, 0.2) is 5.82 Å². The Hall–Kier alpha value is -3.83. The Labute approximate surface area is 190 Å². The van der Waals surface area contributed by atoms with E-state index in [1.165, 1.54) is 17.9 Å². The molecule has 11 nitrogen and oxygen atoms in total. The van der Waals surface area contributed by atoms with Crippen LogP contribution in [0.25, 0.3) is 0 Å². The summed E-state index contributed by atoms with van der Waals surface area (Å²) in [6.07, 6.45) is 2.21. The van der Waals surface area contributed by atoms with E-state index in [2.05, 4.69) is 15.4 Å². The standard InChI is InChI=1S/C21H27FN8O3/c1-14(31)24-10-16-13-30(21(32)33-16)15-3-4-18(17(22)9-15)28-5-7-29(8-6-28)26-12-20-25-11-19(23)27(20)2/h3-4,9,11-12,16H,5-8,10,13,23H2,1-2H3,(H,24,31)/b26-12+/t16-/m0/s1. The van der Waals surface area contributed by atoms with E-state index >= 15 is 0 Å². The number of piperazine rings is 1. The number of amides is 2. The number of rotatable bonds is 6. The molecule has 3 N–H and O–H groups in total. The molecule has 1 aromatic heterocycles. The number of nitrogens with two attached hydrogens (primary N) is 1. The number of cyclic esters (lactones) is 1. The molecule has 3 heterocycles. The first kappa shape index (κ1) is 22.4. The van der Waals surface area contributed by atoms with Crippen molar-refractivity contribution in [3.8, 4) is 0 Å². The Morgan fingerprint density at radius 2 is 2.12 bits per heavy atom. The second-order valence-electron chi connectivity index (χ2n) is 7.97. The number of aromatic nitrogens is 2. The summed E-state index contributed by atoms with van der Waals surface area (Å²) in [5.74, 6) is 0.611. The molecule has 2 aromatic rings. The highest BCUT2D eigenvalue weighted by atomic mass is 19.1. The molecule has 176 valence electrons. The SMILES string of the molecule is CC(=O)NC[C@H]1CN(c2ccc(N3CCN(/N=C/c4ncc(N)n4C)CC3)c(F)c2)C(=O)O1. The summed E-state index contributed by atoms with van der Waals surface area (Å²) in [5.41, 5.74) is 6.67. The lowest BCUT2D eigenvalue weighted by Crippen LogP contribution is -2.44. The van der Waals surface area contributed by atoms with Crippen LogP contribution in [0.4, 0.5) is 26.4 Å². The summed E-state index contributed by atoms with van der Waals surface area (Å²) < 4.78 is 21.9. The molecule has 0 spiro atoms. The molecule has 2 amide bonds. The van der Waals surface area contributed by atoms with Gasteiger partial charge in [0.05, 0.1) is 50.0 Å². The lowest BCUT2D eigenvalue weighted by atomic mass is 10.2. The number of nitrogens with one attached hydrogen (secondary N) is 1. The predicted octanol–water partition coefficient (Wildman–Crippen LogP) is 0.759. The molecule has 0 saturated carbocycles. The number of carbonyl (C=O) groups is 2. The van der Waals surface area contributed by atoms with Crippen LogP contribution in [0.1, 0.15) is 12.7 Å². The molecule has 4 rings (SSSR count). The number of nitrogen functional groups attached to an aromatic ring is 1. The number of nitrogens with zero attached hydrogens (tertiary/aromatic N) is 6. The average Bonchev–Trinajstić information content (AvgIpc) is 3.33. The third-order valence-electron chi connectivity index (χ3n) is 5.69. The van der Waals surface area contributed by atoms with Gasteiger partial charge in [-0.15, -0.1) is 0 Å². The first-order valence-corrected chi connectivity index (χ1v) is 10.6. The molecule has 0 aliphatic carbocycles. The second-order valence-corrected chi connectivity index (χ2v) is 7.97. The fourth-order valence-electron chi connectivity index (χ4n) is 3.76. The monoisotopic (exact) mass is 458 g/mol. The minimum atomic E-state index is -0.557. The number of imidazole rings is 1. The van der Waals surface area contributed by atoms with Crippen LogP contribution in [0.3, 0.4) is 0 Å². The smallest absolute Gasteiger partial charge is 0.414 e. The fraction of sp³-hybridized carbons (Fsp3) is 0.429. The third-order valence-corrected chi connectivity index (χ3v) is 5.69. The molecule has 0 bridgehead atoms. The van der Waals surface area contributed by atoms with Gasteiger partial charge in [-0.1, -0.05) is 0 Å². The molecule has 0 unspecified atom stereocenters. The number of ether oxygens (including phenoxy) is 1. The van der Waals surface area contributed by atoms with Gasteiger partial charge in [0.25, 0.3) is 0 Å². The molecule has 12 heteroatoms. The van der Waals surface area contributed by atoms with Gasteiger partial charge < -0.3 is 25.3 Å². The van der Waals surface area contributed by atoms with E-state index < -0.39 is 18.0 Å². The Morgan fingerprint density at radius 3 is 2.76 bits per heavy atom. The van der Waals surface area contributed by atoms with Gasteiger partial charge in [-0.25, -0.2) is 14.2 Å². The highest BCUT2D eigenvalue weighted by Gasteiger charge is 2.33. The summed E-state index contributed by atoms with van der Waals surface area (Å²) in [7, 11) is 1.82. The van der Waals surface area contributed by atoms with Gasteiger partial charge >= 0.3 is 6.09 Å². The van der Waals surface area contributed by atoms with Crippen molar-refractivity contribution < 1.29 is 18.7 Å². The van der Waals surface area contributed by atoms with Gasteiger partial charge in [0.2, 0.25) is 5.91 Å². The highest BCUT2D eigenvalue weighted by molar-refractivity contribution is 5.90. The predicted molar refractivity (Wildman–Crippen MR) is 122 cm³/mol. The van der Waals surface area contributed by atoms with Crippen molar-refractivity contribution in [2.75, 3.05) is 54.8 Å². The van der Waals surface area contributed by atoms with Crippen molar-refractivity contribution in [2.45, 2.75) is 13.0 Å². The first-order chi connectivity index (χ1) is 15.8. The lowest BCUT2D eigenvalue weighted by Gasteiger charge is -2.34. The summed E-state index contributed by atoms with van der Waals surface area (Å²) in [6.45, 7) is 4.31. The molecular formula is C21H27FN8O3. The van der Waals surface area contributed by atoms with Gasteiger partial charge in [0, 0.05) is 27.1 Å². The maximum Gasteiger partial charge on any atom is 0.414 e. The van der Waals surface area contributed by atoms with Crippen LogP contribution in [0.5, 0.6) is 0 Å². The van der Waals surface area contributed by atoms with Crippen LogP contribution >= 0.6 is 0 Å². The van der Waals surface area contributed by atoms with Crippen molar-refractivity contribution in [1.82, 2.24) is 19.9 Å². The zero-order chi connectivity index (χ0) is 23.5. The number of hydrogen-bond donors (Lipinski definition) is 2. The maximum atomic E-state index is 14.9. The Bertz CT molecular complexity index is 1060. The van der Waals surface area contributed by atoms with E-state index in [0.717, 1.165) is 0 Å². The zero-order valence-corrected chi connectivity index (χ0v) is 18.6. The number of benzene rings is 1. The Morgan fingerprint density at radius 1 is 1.36 bits per heavy atom. The molecule has 2 fully saturated rings. The molecule has 2 aliphatic heterocycles. The van der Waals surface area contributed by atoms with Gasteiger partial charge in [-0.05, 0) is 18.2 Å². The molecule has 1 atom stereocenters. The number of halogens is 1. The van der Waals surface area contributed by atoms with Gasteiger partial charge in [-0.2, -0.15) is 5.10 Å². The zero-order valence-electron chi connectivity index (χ0n) is 18.6. The van der Waals surface area contributed by atoms with Crippen LogP contribution in [-0.4, -0.2) is 78.1 Å². The van der Waals surface area contributed by atoms with E-state index in [1.54, 1.807) is 29.1 Å². The van der Waals surface area contributed by atoms with Crippen molar-refractivity contribution in [1.29, 1.82) is 0 Å². The lowest BCUT2D eigenvalue weighted by molar-refractivity contribution is -0.119. The minimum absolute atomic E-state index is 0.202. The largest absolute Gasteiger partial charge is 0.442 e. The molecule has 0 radical (unpaired) electrons. The summed E-state index contributed by atoms with van der Waals surface area (Å²) in [4.78, 5) is 30.8. The quantitative estimate of drug-likeness (QED) is 0.613. The van der Waals surface area contributed by atoms with Crippen molar-refractivity contribution >= 4 is 35.4 Å². The number of anilines is 3. The summed E-state index contributed by atoms with van der Waals surface area (Å²) in [6, 6.07) is 4.72. The minimum Gasteiger partial charge on any atom is -0.442 e. The molecule has 2 saturated heterocycles. The maximum absolute atomic E-state index is 14.9. The summed E-state index contributed by atoms with van der Waals surface area (Å²) in [5, 5.41) is 8.98. The number of hydrogen-bond acceptors (Lipinski definition) is 8. The van der Waals surface area contributed by atoms with Crippen LogP contribution in [0.2, 0.25) is 0 Å². The normalized spacial score (nSPS) is 18.8. The van der Waals surface area contributed by atoms with E-state index in [9.17, 15) is 14.0 Å². The van der Waals surface area contributed by atoms with Gasteiger partial charge in [-0.3, -0.25) is 14.7 Å². The van der Waals surface area contributed by atoms with Crippen LogP contribution < -0.4 is 20.9 Å². The Kier molecular flexibility index (Phi) is 6.33. The van der Waals surface area contributed by atoms with E-state index in [4.69, 9.17) is 10.5 Å². The topological polar surface area (TPSA) is 121 Å². The molecular weight excluding hydrogens is 431 g/mol. The van der Waals surface area contributed by atoms with Crippen LogP contribution in [0, 0.1) is 5.82 Å². The van der Waals surface area contributed by atoms with Gasteiger partial charge in [0.1, 0.15) is 17.7 Å². The van der Waals surface area contributed by atoms with Crippen LogP contribution in [0.15, 0.2) is 29.5 Å². The average molecular weight is 458 g/mol. The number of carbonyl (C=O) groups excluding carboxylic acids is 2. The van der Waals surface area contributed by atoms with Crippen molar-refractivity contribution in [3.05, 3.63) is 36.0 Å². The molecule has 1 aromatic carbocycles. The summed E-state index contributed by atoms with van der Waals surface area (Å²) >= 11 is 0. The molecule has 2 aliphatic rings. The number of hydrazone groups is 1. The van der Waals surface area contributed by atoms with E-state index in [1.807, 2.05) is 17.0 Å². The van der Waals surface area contributed by atoms with E-state index in [0.29, 0.717) is 49.2 Å².